The van der Waals surface area contributed by atoms with Crippen molar-refractivity contribution < 1.29 is 4.74 Å². The minimum atomic E-state index is -0.268. The molecule has 5 rings (SSSR count). The predicted octanol–water partition coefficient (Wildman–Crippen LogP) is 4.36. The molecule has 2 N–H and O–H groups in total. The Bertz CT molecular complexity index is 1110. The van der Waals surface area contributed by atoms with Gasteiger partial charge in [-0.25, -0.2) is 4.98 Å². The van der Waals surface area contributed by atoms with E-state index in [-0.39, 0.29) is 5.41 Å². The Labute approximate surface area is 163 Å². The Balaban J connectivity index is 1.65. The van der Waals surface area contributed by atoms with Crippen LogP contribution in [0, 0.1) is 0 Å². The average Bonchev–Trinajstić information content (AvgIpc) is 3.43. The van der Waals surface area contributed by atoms with E-state index in [0.717, 1.165) is 34.8 Å². The zero-order valence-corrected chi connectivity index (χ0v) is 15.5. The minimum Gasteiger partial charge on any atom is -0.497 e. The lowest BCUT2D eigenvalue weighted by atomic mass is 9.68. The van der Waals surface area contributed by atoms with Crippen LogP contribution in [0.15, 0.2) is 73.2 Å². The van der Waals surface area contributed by atoms with E-state index in [4.69, 9.17) is 4.74 Å². The van der Waals surface area contributed by atoms with Gasteiger partial charge in [0, 0.05) is 29.3 Å². The van der Waals surface area contributed by atoms with Crippen LogP contribution in [0.25, 0.3) is 17.5 Å². The smallest absolute Gasteiger partial charge is 0.119 e. The maximum absolute atomic E-state index is 5.35. The molecular formula is C23H20N4O. The molecule has 1 aliphatic carbocycles. The van der Waals surface area contributed by atoms with Crippen LogP contribution in [-0.4, -0.2) is 27.3 Å². The third kappa shape index (κ3) is 2.55. The maximum Gasteiger partial charge on any atom is 0.119 e. The quantitative estimate of drug-likeness (QED) is 0.562. The Morgan fingerprint density at radius 2 is 1.79 bits per heavy atom. The van der Waals surface area contributed by atoms with E-state index in [1.807, 2.05) is 18.3 Å². The van der Waals surface area contributed by atoms with E-state index in [1.165, 1.54) is 11.1 Å². The lowest BCUT2D eigenvalue weighted by Gasteiger charge is -2.34. The zero-order chi connectivity index (χ0) is 19.0. The summed E-state index contributed by atoms with van der Waals surface area (Å²) in [6.07, 6.45) is 8.80. The van der Waals surface area contributed by atoms with Crippen molar-refractivity contribution in [2.45, 2.75) is 11.8 Å². The molecule has 0 amide bonds. The molecule has 2 heterocycles. The molecule has 1 atom stereocenters. The molecule has 0 aliphatic heterocycles. The van der Waals surface area contributed by atoms with Gasteiger partial charge in [-0.05, 0) is 23.3 Å². The first kappa shape index (κ1) is 16.6. The number of nitrogens with one attached hydrogen (secondary N) is 2. The molecule has 0 saturated carbocycles. The number of fused-ring (bicyclic) bond motifs is 1. The van der Waals surface area contributed by atoms with E-state index in [0.29, 0.717) is 0 Å². The van der Waals surface area contributed by atoms with Gasteiger partial charge in [-0.3, -0.25) is 5.10 Å². The molecule has 28 heavy (non-hydrogen) atoms. The van der Waals surface area contributed by atoms with Gasteiger partial charge < -0.3 is 9.72 Å². The second-order valence-electron chi connectivity index (χ2n) is 6.99. The number of imidazole rings is 1. The SMILES string of the molecule is COc1ccc(C2(c3ccccc3)C=Cc3c(-c4c[nH]cn4)n[nH]c3C2)cc1. The Hall–Kier alpha value is -3.60. The molecule has 0 bridgehead atoms. The second kappa shape index (κ2) is 6.53. The topological polar surface area (TPSA) is 66.6 Å². The Morgan fingerprint density at radius 1 is 1.00 bits per heavy atom. The highest BCUT2D eigenvalue weighted by Gasteiger charge is 2.36. The van der Waals surface area contributed by atoms with Crippen molar-refractivity contribution in [3.05, 3.63) is 95.6 Å². The summed E-state index contributed by atoms with van der Waals surface area (Å²) in [6, 6.07) is 18.9. The molecule has 1 aliphatic rings. The molecule has 5 heteroatoms. The average molecular weight is 368 g/mol. The molecule has 1 unspecified atom stereocenters. The number of benzene rings is 2. The number of aromatic amines is 2. The third-order valence-corrected chi connectivity index (χ3v) is 5.51. The van der Waals surface area contributed by atoms with Crippen LogP contribution in [-0.2, 0) is 11.8 Å². The molecule has 4 aromatic rings. The Morgan fingerprint density at radius 3 is 2.50 bits per heavy atom. The van der Waals surface area contributed by atoms with Crippen molar-refractivity contribution in [2.75, 3.05) is 7.11 Å². The second-order valence-corrected chi connectivity index (χ2v) is 6.99. The standard InChI is InChI=1S/C23H20N4O/c1-28-18-9-7-17(8-10-18)23(16-5-3-2-4-6-16)12-11-19-20(13-23)26-27-22(19)21-14-24-15-25-21/h2-12,14-15H,13H2,1H3,(H,24,25)(H,26,27). The molecule has 2 aromatic heterocycles. The number of allylic oxidation sites excluding steroid dienone is 1. The summed E-state index contributed by atoms with van der Waals surface area (Å²) in [7, 11) is 1.69. The molecular weight excluding hydrogens is 348 g/mol. The lowest BCUT2D eigenvalue weighted by molar-refractivity contribution is 0.414. The first-order chi connectivity index (χ1) is 13.8. The highest BCUT2D eigenvalue weighted by atomic mass is 16.5. The van der Waals surface area contributed by atoms with Crippen molar-refractivity contribution in [2.24, 2.45) is 0 Å². The van der Waals surface area contributed by atoms with Crippen molar-refractivity contribution in [1.82, 2.24) is 20.2 Å². The van der Waals surface area contributed by atoms with Gasteiger partial charge in [0.2, 0.25) is 0 Å². The number of hydrogen-bond acceptors (Lipinski definition) is 3. The van der Waals surface area contributed by atoms with Gasteiger partial charge >= 0.3 is 0 Å². The van der Waals surface area contributed by atoms with Crippen molar-refractivity contribution in [1.29, 1.82) is 0 Å². The summed E-state index contributed by atoms with van der Waals surface area (Å²) >= 11 is 0. The normalized spacial score (nSPS) is 18.0. The summed E-state index contributed by atoms with van der Waals surface area (Å²) in [5, 5.41) is 7.79. The summed E-state index contributed by atoms with van der Waals surface area (Å²) in [6.45, 7) is 0. The number of ether oxygens (including phenoxy) is 1. The van der Waals surface area contributed by atoms with Crippen LogP contribution in [0.4, 0.5) is 0 Å². The highest BCUT2D eigenvalue weighted by molar-refractivity contribution is 5.74. The number of methoxy groups -OCH3 is 1. The van der Waals surface area contributed by atoms with Crippen molar-refractivity contribution in [3.8, 4) is 17.1 Å². The summed E-state index contributed by atoms with van der Waals surface area (Å²) < 4.78 is 5.35. The van der Waals surface area contributed by atoms with Gasteiger partial charge in [0.1, 0.15) is 17.1 Å². The van der Waals surface area contributed by atoms with Gasteiger partial charge in [0.05, 0.1) is 13.4 Å². The van der Waals surface area contributed by atoms with E-state index >= 15 is 0 Å². The number of aromatic nitrogens is 4. The highest BCUT2D eigenvalue weighted by Crippen LogP contribution is 2.43. The first-order valence-corrected chi connectivity index (χ1v) is 9.26. The molecule has 2 aromatic carbocycles. The monoisotopic (exact) mass is 368 g/mol. The third-order valence-electron chi connectivity index (χ3n) is 5.51. The fraction of sp³-hybridized carbons (Fsp3) is 0.130. The summed E-state index contributed by atoms with van der Waals surface area (Å²) in [4.78, 5) is 7.36. The van der Waals surface area contributed by atoms with Crippen LogP contribution in [0.2, 0.25) is 0 Å². The van der Waals surface area contributed by atoms with E-state index in [1.54, 1.807) is 13.4 Å². The number of H-pyrrole nitrogens is 2. The predicted molar refractivity (Wildman–Crippen MR) is 109 cm³/mol. The van der Waals surface area contributed by atoms with Crippen LogP contribution in [0.1, 0.15) is 22.4 Å². The van der Waals surface area contributed by atoms with E-state index in [2.05, 4.69) is 74.8 Å². The number of nitrogens with zero attached hydrogens (tertiary/aromatic N) is 2. The molecule has 0 saturated heterocycles. The van der Waals surface area contributed by atoms with Crippen molar-refractivity contribution >= 4 is 6.08 Å². The number of rotatable bonds is 4. The fourth-order valence-electron chi connectivity index (χ4n) is 4.04. The van der Waals surface area contributed by atoms with Crippen LogP contribution >= 0.6 is 0 Å². The van der Waals surface area contributed by atoms with Crippen LogP contribution in [0.5, 0.6) is 5.75 Å². The minimum absolute atomic E-state index is 0.268. The van der Waals surface area contributed by atoms with Gasteiger partial charge in [0.25, 0.3) is 0 Å². The number of hydrogen-bond donors (Lipinski definition) is 2. The maximum atomic E-state index is 5.35. The first-order valence-electron chi connectivity index (χ1n) is 9.26. The van der Waals surface area contributed by atoms with Gasteiger partial charge in [0.15, 0.2) is 0 Å². The molecule has 5 nitrogen and oxygen atoms in total. The van der Waals surface area contributed by atoms with Crippen LogP contribution in [0.3, 0.4) is 0 Å². The van der Waals surface area contributed by atoms with Gasteiger partial charge in [-0.15, -0.1) is 0 Å². The molecule has 0 radical (unpaired) electrons. The summed E-state index contributed by atoms with van der Waals surface area (Å²) in [5.41, 5.74) is 6.14. The lowest BCUT2D eigenvalue weighted by Crippen LogP contribution is -2.30. The zero-order valence-electron chi connectivity index (χ0n) is 15.5. The van der Waals surface area contributed by atoms with Gasteiger partial charge in [-0.2, -0.15) is 5.10 Å². The van der Waals surface area contributed by atoms with Crippen LogP contribution < -0.4 is 4.74 Å². The largest absolute Gasteiger partial charge is 0.497 e. The van der Waals surface area contributed by atoms with Crippen molar-refractivity contribution in [3.63, 3.8) is 0 Å². The molecule has 0 spiro atoms. The van der Waals surface area contributed by atoms with E-state index < -0.39 is 0 Å². The Kier molecular flexibility index (Phi) is 3.86. The van der Waals surface area contributed by atoms with E-state index in [9.17, 15) is 0 Å². The summed E-state index contributed by atoms with van der Waals surface area (Å²) in [5.74, 6) is 0.856. The molecule has 138 valence electrons. The molecule has 0 fully saturated rings. The fourth-order valence-corrected chi connectivity index (χ4v) is 4.04. The van der Waals surface area contributed by atoms with Gasteiger partial charge in [-0.1, -0.05) is 54.6 Å².